The van der Waals surface area contributed by atoms with Crippen molar-refractivity contribution >= 4 is 17.7 Å². The molecule has 1 amide bonds. The number of anilines is 1. The van der Waals surface area contributed by atoms with E-state index in [1.54, 1.807) is 6.08 Å². The summed E-state index contributed by atoms with van der Waals surface area (Å²) >= 11 is 0. The van der Waals surface area contributed by atoms with Gasteiger partial charge in [0, 0.05) is 31.9 Å². The smallest absolute Gasteiger partial charge is 0.262 e. The molecule has 1 aromatic carbocycles. The number of carbonyl (C=O) groups excluding carboxylic acids is 1. The Balaban J connectivity index is 1.73. The molecule has 3 rings (SSSR count). The summed E-state index contributed by atoms with van der Waals surface area (Å²) in [7, 11) is 0. The summed E-state index contributed by atoms with van der Waals surface area (Å²) in [5.41, 5.74) is 10.5. The highest BCUT2D eigenvalue weighted by Crippen LogP contribution is 2.36. The molecule has 0 aliphatic carbocycles. The Morgan fingerprint density at radius 1 is 1.27 bits per heavy atom. The fraction of sp³-hybridized carbons (Fsp3) is 0.500. The fourth-order valence-electron chi connectivity index (χ4n) is 3.75. The van der Waals surface area contributed by atoms with Gasteiger partial charge in [-0.25, -0.2) is 0 Å². The maximum absolute atomic E-state index is 12.2. The van der Waals surface area contributed by atoms with Crippen molar-refractivity contribution in [2.24, 2.45) is 5.73 Å². The zero-order valence-electron chi connectivity index (χ0n) is 15.1. The van der Waals surface area contributed by atoms with Crippen LogP contribution >= 0.6 is 0 Å². The zero-order chi connectivity index (χ0) is 18.4. The third-order valence-corrected chi connectivity index (χ3v) is 4.82. The molecule has 0 spiro atoms. The number of aryl methyl sites for hydroxylation is 2. The van der Waals surface area contributed by atoms with Crippen LogP contribution in [-0.2, 0) is 22.4 Å². The first-order valence-corrected chi connectivity index (χ1v) is 9.31. The second-order valence-corrected chi connectivity index (χ2v) is 6.71. The number of amides is 1. The number of nitriles is 1. The minimum absolute atomic E-state index is 0.124. The van der Waals surface area contributed by atoms with E-state index in [9.17, 15) is 10.1 Å². The Labute approximate surface area is 154 Å². The van der Waals surface area contributed by atoms with E-state index in [2.05, 4.69) is 22.3 Å². The molecular formula is C20H26N4O2. The van der Waals surface area contributed by atoms with E-state index in [0.717, 1.165) is 44.3 Å². The minimum atomic E-state index is -0.364. The summed E-state index contributed by atoms with van der Waals surface area (Å²) in [5.74, 6) is -0.364. The Hall–Kier alpha value is -2.36. The molecule has 0 saturated heterocycles. The molecule has 6 nitrogen and oxygen atoms in total. The van der Waals surface area contributed by atoms with E-state index in [0.29, 0.717) is 26.3 Å². The van der Waals surface area contributed by atoms with Gasteiger partial charge in [-0.05, 0) is 60.6 Å². The number of carbonyl (C=O) groups is 1. The van der Waals surface area contributed by atoms with Gasteiger partial charge in [-0.15, -0.1) is 0 Å². The average molecular weight is 354 g/mol. The van der Waals surface area contributed by atoms with Gasteiger partial charge in [0.2, 0.25) is 0 Å². The van der Waals surface area contributed by atoms with Crippen LogP contribution in [0.25, 0.3) is 6.08 Å². The second-order valence-electron chi connectivity index (χ2n) is 6.71. The topological polar surface area (TPSA) is 91.4 Å². The van der Waals surface area contributed by atoms with Crippen molar-refractivity contribution in [1.82, 2.24) is 5.32 Å². The van der Waals surface area contributed by atoms with Gasteiger partial charge in [-0.2, -0.15) is 5.26 Å². The highest BCUT2D eigenvalue weighted by Gasteiger charge is 2.24. The lowest BCUT2D eigenvalue weighted by atomic mass is 9.89. The molecular weight excluding hydrogens is 328 g/mol. The number of hydrogen-bond acceptors (Lipinski definition) is 5. The van der Waals surface area contributed by atoms with Crippen LogP contribution in [0.1, 0.15) is 29.5 Å². The Kier molecular flexibility index (Phi) is 6.26. The van der Waals surface area contributed by atoms with E-state index in [4.69, 9.17) is 10.5 Å². The zero-order valence-corrected chi connectivity index (χ0v) is 15.1. The lowest BCUT2D eigenvalue weighted by Gasteiger charge is -2.37. The average Bonchev–Trinajstić information content (AvgIpc) is 2.66. The van der Waals surface area contributed by atoms with E-state index >= 15 is 0 Å². The second kappa shape index (κ2) is 8.84. The number of hydrogen-bond donors (Lipinski definition) is 2. The van der Waals surface area contributed by atoms with E-state index < -0.39 is 0 Å². The van der Waals surface area contributed by atoms with Gasteiger partial charge in [0.25, 0.3) is 5.91 Å². The summed E-state index contributed by atoms with van der Waals surface area (Å²) < 4.78 is 5.23. The van der Waals surface area contributed by atoms with Gasteiger partial charge in [0.1, 0.15) is 11.6 Å². The van der Waals surface area contributed by atoms with Gasteiger partial charge in [-0.1, -0.05) is 0 Å². The van der Waals surface area contributed by atoms with Crippen LogP contribution < -0.4 is 16.0 Å². The molecule has 2 heterocycles. The lowest BCUT2D eigenvalue weighted by molar-refractivity contribution is -0.117. The van der Waals surface area contributed by atoms with Crippen molar-refractivity contribution in [2.45, 2.75) is 25.7 Å². The van der Waals surface area contributed by atoms with E-state index in [1.807, 2.05) is 6.07 Å². The molecule has 3 N–H and O–H groups in total. The Morgan fingerprint density at radius 2 is 1.96 bits per heavy atom. The monoisotopic (exact) mass is 354 g/mol. The van der Waals surface area contributed by atoms with Crippen molar-refractivity contribution in [1.29, 1.82) is 5.26 Å². The number of nitrogens with two attached hydrogens (primary N) is 1. The summed E-state index contributed by atoms with van der Waals surface area (Å²) in [6.45, 7) is 3.93. The SMILES string of the molecule is N#C/C(=C\c1cc2c3c(c1)CCCN3CCC2)C(=O)NCCOCCN. The van der Waals surface area contributed by atoms with Crippen LogP contribution in [0.4, 0.5) is 5.69 Å². The molecule has 138 valence electrons. The first-order chi connectivity index (χ1) is 12.7. The molecule has 0 aromatic heterocycles. The third kappa shape index (κ3) is 4.24. The molecule has 0 bridgehead atoms. The third-order valence-electron chi connectivity index (χ3n) is 4.82. The molecule has 1 aromatic rings. The van der Waals surface area contributed by atoms with Crippen LogP contribution in [0.2, 0.25) is 0 Å². The van der Waals surface area contributed by atoms with Crippen LogP contribution in [-0.4, -0.2) is 45.3 Å². The van der Waals surface area contributed by atoms with Crippen molar-refractivity contribution < 1.29 is 9.53 Å². The molecule has 0 unspecified atom stereocenters. The Bertz CT molecular complexity index is 705. The largest absolute Gasteiger partial charge is 0.378 e. The fourth-order valence-corrected chi connectivity index (χ4v) is 3.75. The first-order valence-electron chi connectivity index (χ1n) is 9.31. The number of nitrogens with zero attached hydrogens (tertiary/aromatic N) is 2. The van der Waals surface area contributed by atoms with Gasteiger partial charge < -0.3 is 20.7 Å². The Morgan fingerprint density at radius 3 is 2.58 bits per heavy atom. The van der Waals surface area contributed by atoms with Gasteiger partial charge in [-0.3, -0.25) is 4.79 Å². The molecule has 6 heteroatoms. The van der Waals surface area contributed by atoms with Gasteiger partial charge in [0.15, 0.2) is 0 Å². The van der Waals surface area contributed by atoms with Gasteiger partial charge in [0.05, 0.1) is 13.2 Å². The highest BCUT2D eigenvalue weighted by atomic mass is 16.5. The maximum Gasteiger partial charge on any atom is 0.262 e. The molecule has 0 atom stereocenters. The summed E-state index contributed by atoms with van der Waals surface area (Å²) in [6.07, 6.45) is 6.14. The van der Waals surface area contributed by atoms with Crippen LogP contribution in [0, 0.1) is 11.3 Å². The summed E-state index contributed by atoms with van der Waals surface area (Å²) in [5, 5.41) is 12.1. The van der Waals surface area contributed by atoms with Crippen molar-refractivity contribution in [3.8, 4) is 6.07 Å². The molecule has 0 fully saturated rings. The lowest BCUT2D eigenvalue weighted by Crippen LogP contribution is -2.34. The predicted octanol–water partition coefficient (Wildman–Crippen LogP) is 1.38. The first kappa shape index (κ1) is 18.4. The van der Waals surface area contributed by atoms with Crippen molar-refractivity contribution in [3.05, 3.63) is 34.4 Å². The van der Waals surface area contributed by atoms with Crippen LogP contribution in [0.3, 0.4) is 0 Å². The number of nitrogens with one attached hydrogen (secondary N) is 1. The normalized spacial score (nSPS) is 16.0. The van der Waals surface area contributed by atoms with Crippen molar-refractivity contribution in [3.63, 3.8) is 0 Å². The van der Waals surface area contributed by atoms with E-state index in [1.165, 1.54) is 16.8 Å². The van der Waals surface area contributed by atoms with Crippen LogP contribution in [0.15, 0.2) is 17.7 Å². The highest BCUT2D eigenvalue weighted by molar-refractivity contribution is 6.01. The molecule has 0 radical (unpaired) electrons. The van der Waals surface area contributed by atoms with Gasteiger partial charge >= 0.3 is 0 Å². The number of benzene rings is 1. The molecule has 0 saturated carbocycles. The quantitative estimate of drug-likeness (QED) is 0.439. The number of ether oxygens (including phenoxy) is 1. The minimum Gasteiger partial charge on any atom is -0.378 e. The predicted molar refractivity (Wildman–Crippen MR) is 102 cm³/mol. The number of rotatable bonds is 7. The molecule has 2 aliphatic heterocycles. The molecule has 26 heavy (non-hydrogen) atoms. The van der Waals surface area contributed by atoms with Crippen molar-refractivity contribution in [2.75, 3.05) is 44.3 Å². The molecule has 2 aliphatic rings. The maximum atomic E-state index is 12.2. The van der Waals surface area contributed by atoms with E-state index in [-0.39, 0.29) is 11.5 Å². The summed E-state index contributed by atoms with van der Waals surface area (Å²) in [6, 6.07) is 6.28. The van der Waals surface area contributed by atoms with Crippen LogP contribution in [0.5, 0.6) is 0 Å². The standard InChI is InChI=1S/C20H26N4O2/c21-5-9-26-10-6-23-20(25)18(14-22)13-15-11-16-3-1-7-24-8-2-4-17(12-15)19(16)24/h11-13H,1-10,21H2,(H,23,25)/b18-13+. The summed E-state index contributed by atoms with van der Waals surface area (Å²) in [4.78, 5) is 14.7.